The van der Waals surface area contributed by atoms with Crippen LogP contribution in [0.25, 0.3) is 0 Å². The summed E-state index contributed by atoms with van der Waals surface area (Å²) < 4.78 is 34.3. The number of carboxylic acids is 1. The molecule has 1 atom stereocenters. The predicted octanol–water partition coefficient (Wildman–Crippen LogP) is 3.93. The molecule has 0 radical (unpaired) electrons. The third kappa shape index (κ3) is 4.86. The van der Waals surface area contributed by atoms with Gasteiger partial charge in [0.15, 0.2) is 0 Å². The first kappa shape index (κ1) is 23.2. The van der Waals surface area contributed by atoms with Crippen LogP contribution < -0.4 is 4.72 Å². The fraction of sp³-hybridized carbons (Fsp3) is 0.208. The number of furan rings is 1. The number of carbonyl (C=O) groups is 2. The van der Waals surface area contributed by atoms with E-state index in [0.29, 0.717) is 28.3 Å². The number of sulfonamides is 1. The van der Waals surface area contributed by atoms with Crippen LogP contribution in [0.15, 0.2) is 81.3 Å². The summed E-state index contributed by atoms with van der Waals surface area (Å²) in [6.45, 7) is 1.72. The van der Waals surface area contributed by atoms with Gasteiger partial charge < -0.3 is 9.52 Å². The first-order valence-corrected chi connectivity index (χ1v) is 12.1. The highest BCUT2D eigenvalue weighted by Gasteiger charge is 2.35. The lowest BCUT2D eigenvalue weighted by Gasteiger charge is -2.19. The third-order valence-electron chi connectivity index (χ3n) is 5.46. The Morgan fingerprint density at radius 2 is 1.82 bits per heavy atom. The van der Waals surface area contributed by atoms with Crippen molar-refractivity contribution in [1.82, 2.24) is 5.01 Å². The number of hydrogen-bond donors (Lipinski definition) is 2. The molecular weight excluding hydrogens is 458 g/mol. The number of aliphatic carboxylic acids is 1. The molecule has 4 rings (SSSR count). The first-order chi connectivity index (χ1) is 16.3. The Kier molecular flexibility index (Phi) is 6.51. The van der Waals surface area contributed by atoms with Crippen LogP contribution in [0.3, 0.4) is 0 Å². The van der Waals surface area contributed by atoms with Gasteiger partial charge in [-0.2, -0.15) is 5.10 Å². The molecule has 1 amide bonds. The van der Waals surface area contributed by atoms with Gasteiger partial charge >= 0.3 is 5.97 Å². The number of carboxylic acid groups (broad SMARTS) is 1. The van der Waals surface area contributed by atoms with Crippen molar-refractivity contribution < 1.29 is 27.5 Å². The second-order valence-corrected chi connectivity index (χ2v) is 9.48. The topological polar surface area (TPSA) is 129 Å². The van der Waals surface area contributed by atoms with E-state index in [2.05, 4.69) is 9.82 Å². The maximum atomic E-state index is 13.1. The van der Waals surface area contributed by atoms with Gasteiger partial charge in [0.25, 0.3) is 10.0 Å². The van der Waals surface area contributed by atoms with Gasteiger partial charge in [-0.1, -0.05) is 36.4 Å². The Hall–Kier alpha value is -3.92. The SMILES string of the molecule is Cc1ccccc1S(=O)(=O)Nc1ccccc1C1=NN(C(=O)CCC(=O)O)[C@@H](c2ccco2)C1. The highest BCUT2D eigenvalue weighted by atomic mass is 32.2. The average molecular weight is 482 g/mol. The van der Waals surface area contributed by atoms with Crippen molar-refractivity contribution in [3.05, 3.63) is 83.8 Å². The Morgan fingerprint density at radius 3 is 2.53 bits per heavy atom. The van der Waals surface area contributed by atoms with E-state index in [1.807, 2.05) is 0 Å². The molecule has 0 aliphatic carbocycles. The molecule has 0 saturated carbocycles. The van der Waals surface area contributed by atoms with E-state index in [9.17, 15) is 18.0 Å². The molecule has 2 heterocycles. The lowest BCUT2D eigenvalue weighted by atomic mass is 10.0. The summed E-state index contributed by atoms with van der Waals surface area (Å²) in [6.07, 6.45) is 1.22. The van der Waals surface area contributed by atoms with Crippen molar-refractivity contribution in [3.63, 3.8) is 0 Å². The largest absolute Gasteiger partial charge is 0.481 e. The lowest BCUT2D eigenvalue weighted by molar-refractivity contribution is -0.141. The molecule has 176 valence electrons. The minimum atomic E-state index is -3.87. The zero-order valence-corrected chi connectivity index (χ0v) is 19.2. The summed E-state index contributed by atoms with van der Waals surface area (Å²) in [5.41, 5.74) is 1.93. The highest BCUT2D eigenvalue weighted by Crippen LogP contribution is 2.35. The number of amides is 1. The van der Waals surface area contributed by atoms with Crippen LogP contribution >= 0.6 is 0 Å². The molecule has 0 unspecified atom stereocenters. The minimum absolute atomic E-state index is 0.164. The number of nitrogens with one attached hydrogen (secondary N) is 1. The number of hydrazone groups is 1. The second kappa shape index (κ2) is 9.52. The van der Waals surface area contributed by atoms with Crippen molar-refractivity contribution in [2.75, 3.05) is 4.72 Å². The van der Waals surface area contributed by atoms with E-state index >= 15 is 0 Å². The van der Waals surface area contributed by atoms with Crippen LogP contribution in [0.5, 0.6) is 0 Å². The summed E-state index contributed by atoms with van der Waals surface area (Å²) >= 11 is 0. The van der Waals surface area contributed by atoms with E-state index in [-0.39, 0.29) is 24.2 Å². The molecule has 1 aliphatic rings. The number of hydrogen-bond acceptors (Lipinski definition) is 6. The molecule has 0 spiro atoms. The summed E-state index contributed by atoms with van der Waals surface area (Å²) in [5.74, 6) is -1.04. The molecule has 1 aliphatic heterocycles. The Labute approximate surface area is 196 Å². The standard InChI is InChI=1S/C24H23N3O6S/c1-16-7-2-5-11-22(16)34(31,32)26-18-9-4-3-8-17(18)19-15-20(21-10-6-14-33-21)27(25-19)23(28)12-13-24(29)30/h2-11,14,20,26H,12-13,15H2,1H3,(H,29,30)/t20-/m1/s1. The maximum Gasteiger partial charge on any atom is 0.303 e. The van der Waals surface area contributed by atoms with Crippen molar-refractivity contribution in [1.29, 1.82) is 0 Å². The molecule has 10 heteroatoms. The average Bonchev–Trinajstić information content (AvgIpc) is 3.48. The smallest absolute Gasteiger partial charge is 0.303 e. The van der Waals surface area contributed by atoms with Gasteiger partial charge in [-0.25, -0.2) is 13.4 Å². The number of benzene rings is 2. The monoisotopic (exact) mass is 481 g/mol. The van der Waals surface area contributed by atoms with Crippen LogP contribution in [-0.2, 0) is 19.6 Å². The summed E-state index contributed by atoms with van der Waals surface area (Å²) in [4.78, 5) is 23.9. The van der Waals surface area contributed by atoms with Crippen molar-refractivity contribution in [2.45, 2.75) is 37.1 Å². The van der Waals surface area contributed by atoms with Gasteiger partial charge in [0.2, 0.25) is 5.91 Å². The van der Waals surface area contributed by atoms with E-state index < -0.39 is 27.9 Å². The molecular formula is C24H23N3O6S. The summed E-state index contributed by atoms with van der Waals surface area (Å²) in [7, 11) is -3.87. The van der Waals surface area contributed by atoms with Crippen molar-refractivity contribution in [3.8, 4) is 0 Å². The van der Waals surface area contributed by atoms with E-state index in [4.69, 9.17) is 9.52 Å². The molecule has 34 heavy (non-hydrogen) atoms. The number of nitrogens with zero attached hydrogens (tertiary/aromatic N) is 2. The first-order valence-electron chi connectivity index (χ1n) is 10.6. The van der Waals surface area contributed by atoms with Gasteiger partial charge in [-0.3, -0.25) is 14.3 Å². The zero-order chi connectivity index (χ0) is 24.3. The lowest BCUT2D eigenvalue weighted by Crippen LogP contribution is -2.27. The number of rotatable bonds is 8. The second-order valence-electron chi connectivity index (χ2n) is 7.83. The Morgan fingerprint density at radius 1 is 1.09 bits per heavy atom. The van der Waals surface area contributed by atoms with Crippen LogP contribution in [0.4, 0.5) is 5.69 Å². The number of anilines is 1. The maximum absolute atomic E-state index is 13.1. The molecule has 2 N–H and O–H groups in total. The van der Waals surface area contributed by atoms with E-state index in [1.54, 1.807) is 61.5 Å². The summed E-state index contributed by atoms with van der Waals surface area (Å²) in [5, 5.41) is 14.6. The van der Waals surface area contributed by atoms with Crippen LogP contribution in [0.1, 0.15) is 42.2 Å². The molecule has 0 fully saturated rings. The van der Waals surface area contributed by atoms with E-state index in [0.717, 1.165) is 0 Å². The predicted molar refractivity (Wildman–Crippen MR) is 125 cm³/mol. The van der Waals surface area contributed by atoms with Crippen LogP contribution in [0, 0.1) is 6.92 Å². The molecule has 3 aromatic rings. The molecule has 9 nitrogen and oxygen atoms in total. The van der Waals surface area contributed by atoms with E-state index in [1.165, 1.54) is 17.3 Å². The normalized spacial score (nSPS) is 15.7. The fourth-order valence-corrected chi connectivity index (χ4v) is 5.14. The van der Waals surface area contributed by atoms with Gasteiger partial charge in [-0.15, -0.1) is 0 Å². The molecule has 1 aromatic heterocycles. The minimum Gasteiger partial charge on any atom is -0.481 e. The van der Waals surface area contributed by atoms with Crippen LogP contribution in [-0.4, -0.2) is 36.1 Å². The quantitative estimate of drug-likeness (QED) is 0.501. The van der Waals surface area contributed by atoms with Crippen molar-refractivity contribution in [2.24, 2.45) is 5.10 Å². The number of para-hydroxylation sites is 1. The van der Waals surface area contributed by atoms with Gasteiger partial charge in [0.1, 0.15) is 11.8 Å². The number of aryl methyl sites for hydroxylation is 1. The van der Waals surface area contributed by atoms with Crippen LogP contribution in [0.2, 0.25) is 0 Å². The van der Waals surface area contributed by atoms with Gasteiger partial charge in [-0.05, 0) is 36.8 Å². The fourth-order valence-electron chi connectivity index (χ4n) is 3.82. The highest BCUT2D eigenvalue weighted by molar-refractivity contribution is 7.92. The molecule has 0 saturated heterocycles. The van der Waals surface area contributed by atoms with Gasteiger partial charge in [0.05, 0.1) is 29.0 Å². The molecule has 0 bridgehead atoms. The third-order valence-corrected chi connectivity index (χ3v) is 6.98. The number of carbonyl (C=O) groups excluding carboxylic acids is 1. The van der Waals surface area contributed by atoms with Gasteiger partial charge in [0, 0.05) is 18.4 Å². The summed E-state index contributed by atoms with van der Waals surface area (Å²) in [6, 6.07) is 16.3. The Bertz CT molecular complexity index is 1350. The zero-order valence-electron chi connectivity index (χ0n) is 18.3. The van der Waals surface area contributed by atoms with Crippen molar-refractivity contribution >= 4 is 33.3 Å². The molecule has 2 aromatic carbocycles. The Balaban J connectivity index is 1.68.